The molecule has 0 spiro atoms. The number of likely N-dealkylation sites (tertiary alicyclic amines) is 1. The van der Waals surface area contributed by atoms with Gasteiger partial charge in [0.05, 0.1) is 41.5 Å². The van der Waals surface area contributed by atoms with Crippen molar-refractivity contribution >= 4 is 34.1 Å². The van der Waals surface area contributed by atoms with E-state index in [2.05, 4.69) is 25.4 Å². The topological polar surface area (TPSA) is 148 Å². The van der Waals surface area contributed by atoms with E-state index in [1.165, 1.54) is 24.0 Å². The number of benzene rings is 2. The molecule has 5 aromatic rings. The Kier molecular flexibility index (Phi) is 9.28. The highest BCUT2D eigenvalue weighted by Crippen LogP contribution is 2.36. The number of aliphatic hydroxyl groups is 1. The summed E-state index contributed by atoms with van der Waals surface area (Å²) in [7, 11) is 1.52. The summed E-state index contributed by atoms with van der Waals surface area (Å²) in [6, 6.07) is 13.8. The minimum absolute atomic E-state index is 0.103. The summed E-state index contributed by atoms with van der Waals surface area (Å²) in [4.78, 5) is 48.5. The number of aliphatic hydroxyl groups excluding tert-OH is 1. The van der Waals surface area contributed by atoms with E-state index in [1.807, 2.05) is 47.6 Å². The molecule has 13 nitrogen and oxygen atoms in total. The molecule has 0 aliphatic carbocycles. The van der Waals surface area contributed by atoms with E-state index >= 15 is 4.39 Å². The Balaban J connectivity index is 1.16. The van der Waals surface area contributed by atoms with Crippen molar-refractivity contribution < 1.29 is 19.0 Å². The molecular formula is C40H45FN8O5. The fourth-order valence-corrected chi connectivity index (χ4v) is 7.40. The Bertz CT molecular complexity index is 2360. The number of piperazine rings is 1. The molecule has 2 unspecified atom stereocenters. The Morgan fingerprint density at radius 2 is 1.70 bits per heavy atom. The Morgan fingerprint density at radius 3 is 2.33 bits per heavy atom. The van der Waals surface area contributed by atoms with Gasteiger partial charge in [-0.15, -0.1) is 0 Å². The van der Waals surface area contributed by atoms with Gasteiger partial charge in [0.15, 0.2) is 0 Å². The summed E-state index contributed by atoms with van der Waals surface area (Å²) in [5.41, 5.74) is 1.27. The Morgan fingerprint density at radius 1 is 0.981 bits per heavy atom. The van der Waals surface area contributed by atoms with Crippen LogP contribution in [0.2, 0.25) is 0 Å². The molecule has 7 rings (SSSR count). The molecule has 54 heavy (non-hydrogen) atoms. The summed E-state index contributed by atoms with van der Waals surface area (Å²) in [5.74, 6) is -0.210. The van der Waals surface area contributed by atoms with Crippen molar-refractivity contribution in [3.8, 4) is 16.9 Å². The predicted octanol–water partition coefficient (Wildman–Crippen LogP) is 5.80. The third-order valence-corrected chi connectivity index (χ3v) is 10.0. The zero-order chi connectivity index (χ0) is 38.7. The average molecular weight is 737 g/mol. The summed E-state index contributed by atoms with van der Waals surface area (Å²) in [6.45, 7) is 12.1. The lowest BCUT2D eigenvalue weighted by atomic mass is 9.86. The standard InChI is InChI=1S/C40H45FN8O5/c1-39(2,3)24-15-23-18-43-49(37(52)35(23)30(41)16-24)33-10-8-9-28(29(33)22-50)31-17-32(36(51)46(7)45-31)44-34-14-13-25(19-42-34)48-26-11-12-27(48)21-47(20-26)38(53)54-40(4,5)6/h8-10,13-19,26-27,50H,11-12,20-22H2,1-7H3,(H,42,44). The summed E-state index contributed by atoms with van der Waals surface area (Å²) < 4.78 is 23.3. The fourth-order valence-electron chi connectivity index (χ4n) is 7.40. The van der Waals surface area contributed by atoms with Crippen molar-refractivity contribution in [2.45, 2.75) is 84.1 Å². The van der Waals surface area contributed by atoms with E-state index in [0.717, 1.165) is 28.8 Å². The lowest BCUT2D eigenvalue weighted by Crippen LogP contribution is -2.56. The van der Waals surface area contributed by atoms with Crippen LogP contribution in [0, 0.1) is 5.82 Å². The summed E-state index contributed by atoms with van der Waals surface area (Å²) in [6.07, 6.45) is 4.83. The number of rotatable bonds is 6. The van der Waals surface area contributed by atoms with Gasteiger partial charge < -0.3 is 25.0 Å². The number of carbonyl (C=O) groups is 1. The SMILES string of the molecule is Cn1nc(-c2cccc(-n3ncc4cc(C(C)(C)C)cc(F)c4c3=O)c2CO)cc(Nc2ccc(N3C4CCC3CN(C(=O)OC(C)(C)C)C4)cn2)c1=O. The molecule has 2 aliphatic rings. The van der Waals surface area contributed by atoms with Crippen LogP contribution in [0.4, 0.5) is 26.4 Å². The highest BCUT2D eigenvalue weighted by Gasteiger charge is 2.42. The van der Waals surface area contributed by atoms with E-state index in [1.54, 1.807) is 47.5 Å². The largest absolute Gasteiger partial charge is 0.444 e. The maximum atomic E-state index is 15.4. The highest BCUT2D eigenvalue weighted by atomic mass is 19.1. The van der Waals surface area contributed by atoms with Crippen LogP contribution in [0.1, 0.15) is 65.5 Å². The second-order valence-corrected chi connectivity index (χ2v) is 16.1. The van der Waals surface area contributed by atoms with Crippen LogP contribution in [0.5, 0.6) is 0 Å². The first-order valence-electron chi connectivity index (χ1n) is 18.1. The number of ether oxygens (including phenoxy) is 1. The molecule has 282 valence electrons. The van der Waals surface area contributed by atoms with Gasteiger partial charge >= 0.3 is 6.09 Å². The molecule has 2 N–H and O–H groups in total. The number of hydrogen-bond acceptors (Lipinski definition) is 10. The summed E-state index contributed by atoms with van der Waals surface area (Å²) in [5, 5.41) is 22.9. The van der Waals surface area contributed by atoms with Crippen molar-refractivity contribution in [1.82, 2.24) is 29.4 Å². The molecule has 2 aliphatic heterocycles. The quantitative estimate of drug-likeness (QED) is 0.219. The number of anilines is 3. The molecule has 2 bridgehead atoms. The van der Waals surface area contributed by atoms with Crippen LogP contribution < -0.4 is 21.3 Å². The monoisotopic (exact) mass is 736 g/mol. The maximum absolute atomic E-state index is 15.4. The third kappa shape index (κ3) is 6.93. The maximum Gasteiger partial charge on any atom is 0.410 e. The molecule has 14 heteroatoms. The van der Waals surface area contributed by atoms with Gasteiger partial charge in [0.2, 0.25) is 0 Å². The molecule has 3 aromatic heterocycles. The first kappa shape index (κ1) is 36.7. The van der Waals surface area contributed by atoms with Crippen LogP contribution in [0.15, 0.2) is 70.5 Å². The number of pyridine rings is 1. The van der Waals surface area contributed by atoms with E-state index in [-0.39, 0.29) is 40.4 Å². The highest BCUT2D eigenvalue weighted by molar-refractivity contribution is 5.83. The van der Waals surface area contributed by atoms with Gasteiger partial charge in [-0.2, -0.15) is 14.9 Å². The van der Waals surface area contributed by atoms with Gasteiger partial charge in [0.1, 0.15) is 22.9 Å². The molecule has 2 fully saturated rings. The normalized spacial score (nSPS) is 17.3. The number of amides is 1. The number of carbonyl (C=O) groups excluding carboxylic acids is 1. The van der Waals surface area contributed by atoms with Crippen molar-refractivity contribution in [3.63, 3.8) is 0 Å². The van der Waals surface area contributed by atoms with Gasteiger partial charge in [0, 0.05) is 48.7 Å². The Labute approximate surface area is 312 Å². The first-order chi connectivity index (χ1) is 25.5. The minimum Gasteiger partial charge on any atom is -0.444 e. The zero-order valence-electron chi connectivity index (χ0n) is 31.6. The van der Waals surface area contributed by atoms with E-state index in [9.17, 15) is 19.5 Å². The molecule has 5 heterocycles. The second-order valence-electron chi connectivity index (χ2n) is 16.1. The van der Waals surface area contributed by atoms with Crippen molar-refractivity contribution in [2.75, 3.05) is 23.3 Å². The molecule has 2 saturated heterocycles. The van der Waals surface area contributed by atoms with Gasteiger partial charge in [0.25, 0.3) is 11.1 Å². The number of halogens is 1. The van der Waals surface area contributed by atoms with Gasteiger partial charge in [-0.3, -0.25) is 9.59 Å². The van der Waals surface area contributed by atoms with E-state index in [0.29, 0.717) is 41.1 Å². The molecular weight excluding hydrogens is 691 g/mol. The molecule has 2 atom stereocenters. The Hall–Kier alpha value is -5.63. The molecule has 2 aromatic carbocycles. The fraction of sp³-hybridized carbons (Fsp3) is 0.400. The van der Waals surface area contributed by atoms with Gasteiger partial charge in [-0.25, -0.2) is 18.9 Å². The molecule has 0 radical (unpaired) electrons. The van der Waals surface area contributed by atoms with Crippen LogP contribution >= 0.6 is 0 Å². The van der Waals surface area contributed by atoms with Crippen LogP contribution in [0.25, 0.3) is 27.7 Å². The van der Waals surface area contributed by atoms with E-state index in [4.69, 9.17) is 4.74 Å². The van der Waals surface area contributed by atoms with Gasteiger partial charge in [-0.1, -0.05) is 32.9 Å². The number of aryl methyl sites for hydroxylation is 1. The number of nitrogens with zero attached hydrogens (tertiary/aromatic N) is 7. The smallest absolute Gasteiger partial charge is 0.410 e. The van der Waals surface area contributed by atoms with Crippen LogP contribution in [-0.4, -0.2) is 71.4 Å². The molecule has 0 saturated carbocycles. The average Bonchev–Trinajstić information content (AvgIpc) is 3.37. The number of aromatic nitrogens is 5. The third-order valence-electron chi connectivity index (χ3n) is 10.0. The van der Waals surface area contributed by atoms with E-state index < -0.39 is 29.1 Å². The summed E-state index contributed by atoms with van der Waals surface area (Å²) >= 11 is 0. The van der Waals surface area contributed by atoms with Crippen LogP contribution in [0.3, 0.4) is 0 Å². The lowest BCUT2D eigenvalue weighted by molar-refractivity contribution is 0.0209. The van der Waals surface area contributed by atoms with Crippen molar-refractivity contribution in [2.24, 2.45) is 7.05 Å². The van der Waals surface area contributed by atoms with Crippen molar-refractivity contribution in [1.29, 1.82) is 0 Å². The predicted molar refractivity (Wildman–Crippen MR) is 205 cm³/mol. The lowest BCUT2D eigenvalue weighted by Gasteiger charge is -2.42. The number of hydrogen-bond donors (Lipinski definition) is 2. The van der Waals surface area contributed by atoms with Crippen molar-refractivity contribution in [3.05, 3.63) is 98.6 Å². The number of nitrogens with one attached hydrogen (secondary N) is 1. The van der Waals surface area contributed by atoms with Crippen LogP contribution in [-0.2, 0) is 23.8 Å². The zero-order valence-corrected chi connectivity index (χ0v) is 31.6. The minimum atomic E-state index is -0.666. The number of fused-ring (bicyclic) bond motifs is 3. The van der Waals surface area contributed by atoms with Gasteiger partial charge in [-0.05, 0) is 81.0 Å². The second kappa shape index (κ2) is 13.7. The molecule has 1 amide bonds. The first-order valence-corrected chi connectivity index (χ1v) is 18.1.